The second-order valence-electron chi connectivity index (χ2n) is 19.3. The molecule has 0 bridgehead atoms. The Morgan fingerprint density at radius 2 is 1.00 bits per heavy atom. The molecule has 0 fully saturated rings. The van der Waals surface area contributed by atoms with Crippen LogP contribution < -0.4 is 4.90 Å². The number of rotatable bonds is 8. The molecule has 66 heavy (non-hydrogen) atoms. The maximum absolute atomic E-state index is 2.57. The van der Waals surface area contributed by atoms with Gasteiger partial charge in [0.25, 0.3) is 0 Å². The minimum absolute atomic E-state index is 0.0560. The van der Waals surface area contributed by atoms with Crippen molar-refractivity contribution in [3.63, 3.8) is 0 Å². The molecule has 0 radical (unpaired) electrons. The molecule has 0 unspecified atom stereocenters. The molecule has 2 nitrogen and oxygen atoms in total. The number of aryl methyl sites for hydroxylation is 2. The molecule has 1 aromatic heterocycles. The van der Waals surface area contributed by atoms with E-state index < -0.39 is 0 Å². The monoisotopic (exact) mass is 850 g/mol. The van der Waals surface area contributed by atoms with Gasteiger partial charge in [-0.1, -0.05) is 167 Å². The highest BCUT2D eigenvalue weighted by atomic mass is 15.1. The van der Waals surface area contributed by atoms with Crippen molar-refractivity contribution in [2.45, 2.75) is 65.2 Å². The number of hydrogen-bond donors (Lipinski definition) is 0. The van der Waals surface area contributed by atoms with E-state index in [4.69, 9.17) is 0 Å². The minimum Gasteiger partial charge on any atom is -0.310 e. The SMILES string of the molecule is CCC1(CC)c2ccc(C)cc2-c2cc(C)cc(-n3c4ccccc4c4cc(-c5ccc(N(c6ccc(-c7ccccc7)cc6)c6ccc7c(c6)C(C)(C)c6ccccc6-7)cc5)ccc43)c21. The highest BCUT2D eigenvalue weighted by Crippen LogP contribution is 2.56. The number of fused-ring (bicyclic) bond motifs is 9. The van der Waals surface area contributed by atoms with Gasteiger partial charge in [-0.3, -0.25) is 0 Å². The van der Waals surface area contributed by atoms with Crippen molar-refractivity contribution in [2.75, 3.05) is 4.90 Å². The average Bonchev–Trinajstić information content (AvgIpc) is 3.92. The first-order valence-corrected chi connectivity index (χ1v) is 23.8. The maximum Gasteiger partial charge on any atom is 0.0541 e. The summed E-state index contributed by atoms with van der Waals surface area (Å²) in [4.78, 5) is 2.42. The first-order chi connectivity index (χ1) is 32.2. The molecule has 0 atom stereocenters. The molecule has 2 heteroatoms. The number of benzene rings is 9. The van der Waals surface area contributed by atoms with Crippen LogP contribution in [0.15, 0.2) is 194 Å². The lowest BCUT2D eigenvalue weighted by molar-refractivity contribution is 0.489. The van der Waals surface area contributed by atoms with E-state index in [-0.39, 0.29) is 10.8 Å². The van der Waals surface area contributed by atoms with Gasteiger partial charge in [-0.25, -0.2) is 0 Å². The number of hydrogen-bond acceptors (Lipinski definition) is 1. The van der Waals surface area contributed by atoms with Crippen molar-refractivity contribution in [2.24, 2.45) is 0 Å². The third-order valence-corrected chi connectivity index (χ3v) is 15.4. The number of nitrogens with zero attached hydrogens (tertiary/aromatic N) is 2. The fourth-order valence-electron chi connectivity index (χ4n) is 12.0. The van der Waals surface area contributed by atoms with E-state index in [1.54, 1.807) is 0 Å². The van der Waals surface area contributed by atoms with Crippen molar-refractivity contribution in [1.29, 1.82) is 0 Å². The van der Waals surface area contributed by atoms with Crippen molar-refractivity contribution in [3.05, 3.63) is 228 Å². The largest absolute Gasteiger partial charge is 0.310 e. The molecule has 0 amide bonds. The lowest BCUT2D eigenvalue weighted by Gasteiger charge is -2.32. The summed E-state index contributed by atoms with van der Waals surface area (Å²) in [5, 5.41) is 2.55. The van der Waals surface area contributed by atoms with Crippen LogP contribution in [-0.4, -0.2) is 4.57 Å². The van der Waals surface area contributed by atoms with Crippen LogP contribution in [0.5, 0.6) is 0 Å². The maximum atomic E-state index is 2.57. The van der Waals surface area contributed by atoms with Gasteiger partial charge >= 0.3 is 0 Å². The van der Waals surface area contributed by atoms with Gasteiger partial charge < -0.3 is 9.47 Å². The van der Waals surface area contributed by atoms with Gasteiger partial charge in [0.2, 0.25) is 0 Å². The Bertz CT molecular complexity index is 3530. The number of para-hydroxylation sites is 1. The van der Waals surface area contributed by atoms with Gasteiger partial charge in [0.15, 0.2) is 0 Å². The van der Waals surface area contributed by atoms with Crippen LogP contribution in [0.2, 0.25) is 0 Å². The Balaban J connectivity index is 0.970. The van der Waals surface area contributed by atoms with Crippen LogP contribution >= 0.6 is 0 Å². The highest BCUT2D eigenvalue weighted by molar-refractivity contribution is 6.11. The van der Waals surface area contributed by atoms with E-state index in [2.05, 4.69) is 245 Å². The van der Waals surface area contributed by atoms with Gasteiger partial charge in [0.1, 0.15) is 0 Å². The molecule has 9 aromatic carbocycles. The molecule has 0 spiro atoms. The third-order valence-electron chi connectivity index (χ3n) is 15.4. The van der Waals surface area contributed by atoms with E-state index in [9.17, 15) is 0 Å². The summed E-state index contributed by atoms with van der Waals surface area (Å²) in [5.41, 5.74) is 25.6. The molecule has 320 valence electrons. The zero-order chi connectivity index (χ0) is 44.9. The van der Waals surface area contributed by atoms with Crippen LogP contribution in [-0.2, 0) is 10.8 Å². The van der Waals surface area contributed by atoms with Crippen molar-refractivity contribution in [3.8, 4) is 50.2 Å². The zero-order valence-corrected chi connectivity index (χ0v) is 38.8. The van der Waals surface area contributed by atoms with Crippen LogP contribution in [0.1, 0.15) is 73.9 Å². The highest BCUT2D eigenvalue weighted by Gasteiger charge is 2.43. The van der Waals surface area contributed by atoms with Gasteiger partial charge in [-0.05, 0) is 160 Å². The van der Waals surface area contributed by atoms with Gasteiger partial charge in [-0.15, -0.1) is 0 Å². The summed E-state index contributed by atoms with van der Waals surface area (Å²) >= 11 is 0. The molecule has 12 rings (SSSR count). The third kappa shape index (κ3) is 5.94. The molecule has 1 heterocycles. The van der Waals surface area contributed by atoms with Crippen molar-refractivity contribution < 1.29 is 0 Å². The Morgan fingerprint density at radius 1 is 0.409 bits per heavy atom. The molecule has 0 saturated heterocycles. The quantitative estimate of drug-likeness (QED) is 0.148. The predicted molar refractivity (Wildman–Crippen MR) is 280 cm³/mol. The summed E-state index contributed by atoms with van der Waals surface area (Å²) < 4.78 is 2.57. The van der Waals surface area contributed by atoms with Gasteiger partial charge in [0, 0.05) is 38.7 Å². The summed E-state index contributed by atoms with van der Waals surface area (Å²) in [6, 6.07) is 72.9. The van der Waals surface area contributed by atoms with Crippen LogP contribution in [0.25, 0.3) is 72.0 Å². The predicted octanol–water partition coefficient (Wildman–Crippen LogP) is 17.6. The molecule has 0 saturated carbocycles. The number of anilines is 3. The summed E-state index contributed by atoms with van der Waals surface area (Å²) in [7, 11) is 0. The second kappa shape index (κ2) is 15.1. The van der Waals surface area contributed by atoms with Crippen molar-refractivity contribution >= 4 is 38.9 Å². The van der Waals surface area contributed by atoms with E-state index in [0.717, 1.165) is 29.9 Å². The van der Waals surface area contributed by atoms with Crippen LogP contribution in [0.4, 0.5) is 17.1 Å². The lowest BCUT2D eigenvalue weighted by Crippen LogP contribution is -2.25. The Labute approximate surface area is 389 Å². The second-order valence-corrected chi connectivity index (χ2v) is 19.3. The topological polar surface area (TPSA) is 8.17 Å². The summed E-state index contributed by atoms with van der Waals surface area (Å²) in [6.45, 7) is 14.0. The van der Waals surface area contributed by atoms with E-state index >= 15 is 0 Å². The average molecular weight is 851 g/mol. The molecular formula is C64H54N2. The first kappa shape index (κ1) is 40.1. The fourth-order valence-corrected chi connectivity index (χ4v) is 12.0. The standard InChI is InChI=1S/C64H54N2/c1-7-64(8-2)57-34-22-41(3)36-53(57)55-37-42(4)38-61(62(55)64)66-59-21-15-13-19-52(59)54-39-46(27-35-60(54)66)45-25-30-48(31-26-45)65(47-28-23-44(24-29-47)43-16-10-9-11-17-43)49-32-33-51-50-18-12-14-20-56(50)63(5,6)58(51)40-49/h9-40H,7-8H2,1-6H3. The lowest BCUT2D eigenvalue weighted by atomic mass is 9.73. The minimum atomic E-state index is -0.102. The van der Waals surface area contributed by atoms with E-state index in [0.29, 0.717) is 0 Å². The number of aromatic nitrogens is 1. The molecule has 2 aliphatic rings. The van der Waals surface area contributed by atoms with Gasteiger partial charge in [0.05, 0.1) is 16.7 Å². The van der Waals surface area contributed by atoms with Crippen LogP contribution in [0, 0.1) is 13.8 Å². The smallest absolute Gasteiger partial charge is 0.0541 e. The molecule has 2 aliphatic carbocycles. The zero-order valence-electron chi connectivity index (χ0n) is 38.8. The Hall–Kier alpha value is -7.42. The molecule has 0 N–H and O–H groups in total. The van der Waals surface area contributed by atoms with E-state index in [1.165, 1.54) is 105 Å². The molecular weight excluding hydrogens is 797 g/mol. The van der Waals surface area contributed by atoms with E-state index in [1.807, 2.05) is 0 Å². The molecule has 10 aromatic rings. The van der Waals surface area contributed by atoms with Crippen molar-refractivity contribution in [1.82, 2.24) is 4.57 Å². The van der Waals surface area contributed by atoms with Gasteiger partial charge in [-0.2, -0.15) is 0 Å². The summed E-state index contributed by atoms with van der Waals surface area (Å²) in [5.74, 6) is 0. The fraction of sp³-hybridized carbons (Fsp3) is 0.156. The normalized spacial score (nSPS) is 14.0. The first-order valence-electron chi connectivity index (χ1n) is 23.8. The Morgan fingerprint density at radius 3 is 1.74 bits per heavy atom. The van der Waals surface area contributed by atoms with Crippen LogP contribution in [0.3, 0.4) is 0 Å². The Kier molecular flexibility index (Phi) is 9.16. The molecule has 0 aliphatic heterocycles. The summed E-state index contributed by atoms with van der Waals surface area (Å²) in [6.07, 6.45) is 2.10.